The normalized spacial score (nSPS) is 14.4. The molecule has 124 valence electrons. The van der Waals surface area contributed by atoms with Crippen molar-refractivity contribution in [3.05, 3.63) is 59.4 Å². The van der Waals surface area contributed by atoms with Gasteiger partial charge in [0.2, 0.25) is 0 Å². The lowest BCUT2D eigenvalue weighted by Gasteiger charge is -2.34. The van der Waals surface area contributed by atoms with Gasteiger partial charge in [-0.05, 0) is 30.3 Å². The van der Waals surface area contributed by atoms with E-state index in [1.54, 1.807) is 58.5 Å². The third-order valence-corrected chi connectivity index (χ3v) is 4.05. The van der Waals surface area contributed by atoms with Gasteiger partial charge in [0.1, 0.15) is 5.69 Å². The molecule has 2 heterocycles. The second-order valence-corrected chi connectivity index (χ2v) is 5.87. The third-order valence-electron chi connectivity index (χ3n) is 3.81. The molecule has 0 aliphatic carbocycles. The van der Waals surface area contributed by atoms with Gasteiger partial charge in [-0.2, -0.15) is 0 Å². The minimum absolute atomic E-state index is 0.106. The highest BCUT2D eigenvalue weighted by atomic mass is 35.5. The number of piperazine rings is 1. The molecular weight excluding hydrogens is 328 g/mol. The molecule has 2 aromatic rings. The molecule has 0 bridgehead atoms. The molecule has 1 N–H and O–H groups in total. The Morgan fingerprint density at radius 1 is 1.00 bits per heavy atom. The molecule has 0 saturated carbocycles. The number of carbonyl (C=O) groups is 2. The molecule has 1 aromatic carbocycles. The van der Waals surface area contributed by atoms with Crippen molar-refractivity contribution in [3.8, 4) is 0 Å². The number of aromatic nitrogens is 1. The molecule has 1 aliphatic heterocycles. The van der Waals surface area contributed by atoms with Crippen LogP contribution in [0.3, 0.4) is 0 Å². The maximum atomic E-state index is 12.3. The Bertz CT molecular complexity index is 730. The number of urea groups is 1. The molecule has 1 fully saturated rings. The summed E-state index contributed by atoms with van der Waals surface area (Å²) in [6.45, 7) is 1.92. The summed E-state index contributed by atoms with van der Waals surface area (Å²) in [6.07, 6.45) is 1.60. The van der Waals surface area contributed by atoms with Crippen LogP contribution in [0.4, 0.5) is 10.5 Å². The molecule has 0 unspecified atom stereocenters. The monoisotopic (exact) mass is 344 g/mol. The predicted octanol–water partition coefficient (Wildman–Crippen LogP) is 2.72. The predicted molar refractivity (Wildman–Crippen MR) is 92.2 cm³/mol. The van der Waals surface area contributed by atoms with E-state index >= 15 is 0 Å². The van der Waals surface area contributed by atoms with Crippen LogP contribution in [0, 0.1) is 0 Å². The molecule has 0 radical (unpaired) electrons. The molecule has 3 amide bonds. The zero-order valence-electron chi connectivity index (χ0n) is 13.0. The summed E-state index contributed by atoms with van der Waals surface area (Å²) in [5.41, 5.74) is 1.08. The van der Waals surface area contributed by atoms with Crippen molar-refractivity contribution in [1.82, 2.24) is 14.8 Å². The Hall–Kier alpha value is -2.60. The van der Waals surface area contributed by atoms with Gasteiger partial charge in [-0.1, -0.05) is 23.7 Å². The van der Waals surface area contributed by atoms with Gasteiger partial charge in [-0.3, -0.25) is 9.78 Å². The Morgan fingerprint density at radius 2 is 1.75 bits per heavy atom. The average Bonchev–Trinajstić information content (AvgIpc) is 2.62. The highest BCUT2D eigenvalue weighted by Crippen LogP contribution is 2.16. The Labute approximate surface area is 145 Å². The minimum atomic E-state index is -0.192. The average molecular weight is 345 g/mol. The van der Waals surface area contributed by atoms with E-state index in [1.165, 1.54) is 0 Å². The lowest BCUT2D eigenvalue weighted by Crippen LogP contribution is -2.51. The number of rotatable bonds is 2. The maximum Gasteiger partial charge on any atom is 0.321 e. The van der Waals surface area contributed by atoms with Crippen LogP contribution in [-0.2, 0) is 0 Å². The SMILES string of the molecule is O=C(Nc1cccc(Cl)c1)N1CCN(C(=O)c2ccccn2)CC1. The second kappa shape index (κ2) is 7.31. The van der Waals surface area contributed by atoms with Crippen LogP contribution in [0.25, 0.3) is 0 Å². The van der Waals surface area contributed by atoms with E-state index in [2.05, 4.69) is 10.3 Å². The highest BCUT2D eigenvalue weighted by Gasteiger charge is 2.25. The van der Waals surface area contributed by atoms with Crippen molar-refractivity contribution >= 4 is 29.2 Å². The smallest absolute Gasteiger partial charge is 0.321 e. The third kappa shape index (κ3) is 3.83. The lowest BCUT2D eigenvalue weighted by molar-refractivity contribution is 0.0666. The van der Waals surface area contributed by atoms with Crippen LogP contribution >= 0.6 is 11.6 Å². The number of anilines is 1. The molecule has 7 heteroatoms. The Morgan fingerprint density at radius 3 is 2.42 bits per heavy atom. The van der Waals surface area contributed by atoms with E-state index < -0.39 is 0 Å². The summed E-state index contributed by atoms with van der Waals surface area (Å²) < 4.78 is 0. The number of pyridine rings is 1. The van der Waals surface area contributed by atoms with Crippen LogP contribution in [-0.4, -0.2) is 52.9 Å². The minimum Gasteiger partial charge on any atom is -0.334 e. The van der Waals surface area contributed by atoms with Crippen molar-refractivity contribution < 1.29 is 9.59 Å². The van der Waals surface area contributed by atoms with Crippen LogP contribution in [0.15, 0.2) is 48.7 Å². The number of carbonyl (C=O) groups excluding carboxylic acids is 2. The first-order valence-electron chi connectivity index (χ1n) is 7.65. The largest absolute Gasteiger partial charge is 0.334 e. The van der Waals surface area contributed by atoms with Gasteiger partial charge in [-0.15, -0.1) is 0 Å². The van der Waals surface area contributed by atoms with Gasteiger partial charge in [0.25, 0.3) is 5.91 Å². The maximum absolute atomic E-state index is 12.3. The second-order valence-electron chi connectivity index (χ2n) is 5.43. The number of nitrogens with one attached hydrogen (secondary N) is 1. The number of hydrogen-bond acceptors (Lipinski definition) is 3. The number of halogens is 1. The first-order valence-corrected chi connectivity index (χ1v) is 8.03. The van der Waals surface area contributed by atoms with Gasteiger partial charge in [-0.25, -0.2) is 4.79 Å². The van der Waals surface area contributed by atoms with Crippen molar-refractivity contribution in [1.29, 1.82) is 0 Å². The van der Waals surface area contributed by atoms with Crippen LogP contribution in [0.5, 0.6) is 0 Å². The summed E-state index contributed by atoms with van der Waals surface area (Å²) in [4.78, 5) is 32.1. The molecule has 3 rings (SSSR count). The molecule has 1 aliphatic rings. The van der Waals surface area contributed by atoms with Gasteiger partial charge >= 0.3 is 6.03 Å². The molecule has 1 saturated heterocycles. The number of hydrogen-bond donors (Lipinski definition) is 1. The summed E-state index contributed by atoms with van der Waals surface area (Å²) in [5.74, 6) is -0.106. The molecule has 0 atom stereocenters. The van der Waals surface area contributed by atoms with Crippen molar-refractivity contribution in [2.45, 2.75) is 0 Å². The van der Waals surface area contributed by atoms with Crippen molar-refractivity contribution in [2.24, 2.45) is 0 Å². The molecular formula is C17H17ClN4O2. The van der Waals surface area contributed by atoms with Crippen LogP contribution < -0.4 is 5.32 Å². The van der Waals surface area contributed by atoms with Gasteiger partial charge in [0, 0.05) is 43.1 Å². The fraction of sp³-hybridized carbons (Fsp3) is 0.235. The zero-order valence-corrected chi connectivity index (χ0v) is 13.7. The van der Waals surface area contributed by atoms with Gasteiger partial charge in [0.15, 0.2) is 0 Å². The quantitative estimate of drug-likeness (QED) is 0.911. The van der Waals surface area contributed by atoms with Crippen LogP contribution in [0.1, 0.15) is 10.5 Å². The topological polar surface area (TPSA) is 65.5 Å². The summed E-state index contributed by atoms with van der Waals surface area (Å²) >= 11 is 5.91. The number of benzene rings is 1. The zero-order chi connectivity index (χ0) is 16.9. The summed E-state index contributed by atoms with van der Waals surface area (Å²) in [6, 6.07) is 12.1. The molecule has 6 nitrogen and oxygen atoms in total. The Kier molecular flexibility index (Phi) is 4.96. The van der Waals surface area contributed by atoms with E-state index in [-0.39, 0.29) is 11.9 Å². The van der Waals surface area contributed by atoms with E-state index in [1.807, 2.05) is 0 Å². The first kappa shape index (κ1) is 16.3. The van der Waals surface area contributed by atoms with Crippen LogP contribution in [0.2, 0.25) is 5.02 Å². The molecule has 0 spiro atoms. The molecule has 1 aromatic heterocycles. The van der Waals surface area contributed by atoms with Gasteiger partial charge in [0.05, 0.1) is 0 Å². The fourth-order valence-corrected chi connectivity index (χ4v) is 2.72. The molecule has 24 heavy (non-hydrogen) atoms. The lowest BCUT2D eigenvalue weighted by atomic mass is 10.2. The highest BCUT2D eigenvalue weighted by molar-refractivity contribution is 6.30. The van der Waals surface area contributed by atoms with Crippen molar-refractivity contribution in [2.75, 3.05) is 31.5 Å². The first-order chi connectivity index (χ1) is 11.6. The number of amides is 3. The van der Waals surface area contributed by atoms with E-state index in [9.17, 15) is 9.59 Å². The van der Waals surface area contributed by atoms with Gasteiger partial charge < -0.3 is 15.1 Å². The standard InChI is InChI=1S/C17H17ClN4O2/c18-13-4-3-5-14(12-13)20-17(24)22-10-8-21(9-11-22)16(23)15-6-1-2-7-19-15/h1-7,12H,8-11H2,(H,20,24). The van der Waals surface area contributed by atoms with E-state index in [0.29, 0.717) is 42.6 Å². The number of nitrogens with zero attached hydrogens (tertiary/aromatic N) is 3. The summed E-state index contributed by atoms with van der Waals surface area (Å²) in [7, 11) is 0. The van der Waals surface area contributed by atoms with Crippen molar-refractivity contribution in [3.63, 3.8) is 0 Å². The van der Waals surface area contributed by atoms with E-state index in [4.69, 9.17) is 11.6 Å². The fourth-order valence-electron chi connectivity index (χ4n) is 2.53. The Balaban J connectivity index is 1.55. The van der Waals surface area contributed by atoms with E-state index in [0.717, 1.165) is 0 Å². The summed E-state index contributed by atoms with van der Waals surface area (Å²) in [5, 5.41) is 3.38.